The van der Waals surface area contributed by atoms with Crippen LogP contribution in [0.2, 0.25) is 0 Å². The number of anilines is 1. The monoisotopic (exact) mass is 618 g/mol. The Labute approximate surface area is 260 Å². The number of aryl methyl sites for hydroxylation is 2. The quantitative estimate of drug-likeness (QED) is 0.373. The number of aromatic nitrogens is 2. The van der Waals surface area contributed by atoms with Crippen LogP contribution in [0.5, 0.6) is 5.88 Å². The summed E-state index contributed by atoms with van der Waals surface area (Å²) in [6.07, 6.45) is 4.83. The Morgan fingerprint density at radius 2 is 1.68 bits per heavy atom. The summed E-state index contributed by atoms with van der Waals surface area (Å²) < 4.78 is 41.9. The maximum atomic E-state index is 14.4. The molecule has 0 radical (unpaired) electrons. The maximum Gasteiger partial charge on any atom is 0.264 e. The molecule has 2 aromatic carbocycles. The topological polar surface area (TPSA) is 111 Å². The fourth-order valence-corrected chi connectivity index (χ4v) is 8.57. The molecule has 4 bridgehead atoms. The fraction of sp³-hybridized carbons (Fsp3) is 0.500. The number of nitrogens with zero attached hydrogens (tertiary/aromatic N) is 3. The van der Waals surface area contributed by atoms with Gasteiger partial charge in [-0.15, -0.1) is 0 Å². The van der Waals surface area contributed by atoms with Crippen molar-refractivity contribution in [2.75, 3.05) is 18.4 Å². The number of carbonyl (C=O) groups is 1. The molecule has 44 heavy (non-hydrogen) atoms. The molecule has 2 saturated carbocycles. The molecule has 5 atom stereocenters. The average Bonchev–Trinajstić information content (AvgIpc) is 3.54. The largest absolute Gasteiger partial charge is 0.475 e. The lowest BCUT2D eigenvalue weighted by Crippen LogP contribution is -2.50. The number of amides is 1. The van der Waals surface area contributed by atoms with Crippen LogP contribution in [0.3, 0.4) is 0 Å². The number of benzene rings is 2. The zero-order valence-corrected chi connectivity index (χ0v) is 26.9. The van der Waals surface area contributed by atoms with Crippen molar-refractivity contribution in [2.24, 2.45) is 17.8 Å². The van der Waals surface area contributed by atoms with Gasteiger partial charge in [-0.05, 0) is 93.0 Å². The lowest BCUT2D eigenvalue weighted by Gasteiger charge is -2.38. The maximum absolute atomic E-state index is 14.4. The Morgan fingerprint density at radius 1 is 1.00 bits per heavy atom. The molecule has 9 nitrogen and oxygen atoms in total. The van der Waals surface area contributed by atoms with E-state index >= 15 is 0 Å². The molecule has 2 heterocycles. The van der Waals surface area contributed by atoms with Crippen LogP contribution in [0.15, 0.2) is 53.4 Å². The SMILES string of the molecule is CO[C@H]1C[C@H]2CC(N3C(=O)c4cccc(c4)S(=O)(=O)Nc4nc(cc(-c5c(C)cccc5C)n4)OC[C@H]3CC(C)C)C[C@H]2C1. The molecule has 0 spiro atoms. The van der Waals surface area contributed by atoms with Crippen molar-refractivity contribution in [3.05, 3.63) is 65.2 Å². The minimum Gasteiger partial charge on any atom is -0.475 e. The highest BCUT2D eigenvalue weighted by molar-refractivity contribution is 7.92. The van der Waals surface area contributed by atoms with Crippen molar-refractivity contribution >= 4 is 21.9 Å². The summed E-state index contributed by atoms with van der Waals surface area (Å²) in [4.78, 5) is 25.6. The second-order valence-electron chi connectivity index (χ2n) is 13.1. The van der Waals surface area contributed by atoms with E-state index in [2.05, 4.69) is 28.5 Å². The Hall–Kier alpha value is -3.50. The van der Waals surface area contributed by atoms with Gasteiger partial charge in [0.1, 0.15) is 6.61 Å². The minimum atomic E-state index is -4.11. The Bertz CT molecular complexity index is 1620. The number of methoxy groups -OCH3 is 1. The van der Waals surface area contributed by atoms with E-state index in [-0.39, 0.29) is 47.4 Å². The van der Waals surface area contributed by atoms with Crippen molar-refractivity contribution in [3.63, 3.8) is 0 Å². The van der Waals surface area contributed by atoms with Crippen molar-refractivity contribution in [3.8, 4) is 17.1 Å². The Morgan fingerprint density at radius 3 is 2.34 bits per heavy atom. The van der Waals surface area contributed by atoms with Gasteiger partial charge in [-0.3, -0.25) is 4.79 Å². The van der Waals surface area contributed by atoms with Crippen molar-refractivity contribution < 1.29 is 22.7 Å². The molecule has 6 rings (SSSR count). The van der Waals surface area contributed by atoms with Gasteiger partial charge in [-0.25, -0.2) is 18.1 Å². The number of fused-ring (bicyclic) bond motifs is 5. The number of rotatable bonds is 5. The number of hydrogen-bond acceptors (Lipinski definition) is 7. The molecule has 10 heteroatoms. The first-order valence-electron chi connectivity index (χ1n) is 15.6. The van der Waals surface area contributed by atoms with E-state index in [4.69, 9.17) is 9.47 Å². The second kappa shape index (κ2) is 12.1. The molecular weight excluding hydrogens is 576 g/mol. The lowest BCUT2D eigenvalue weighted by molar-refractivity contribution is 0.0413. The molecule has 1 aromatic heterocycles. The van der Waals surface area contributed by atoms with Crippen molar-refractivity contribution in [1.29, 1.82) is 0 Å². The third kappa shape index (κ3) is 6.06. The van der Waals surface area contributed by atoms with E-state index in [1.54, 1.807) is 25.3 Å². The van der Waals surface area contributed by atoms with Crippen LogP contribution in [0.4, 0.5) is 5.95 Å². The summed E-state index contributed by atoms with van der Waals surface area (Å²) in [5.74, 6) is 1.32. The summed E-state index contributed by atoms with van der Waals surface area (Å²) in [5.41, 5.74) is 3.82. The third-order valence-corrected chi connectivity index (χ3v) is 10.9. The summed E-state index contributed by atoms with van der Waals surface area (Å²) >= 11 is 0. The molecule has 2 fully saturated rings. The Balaban J connectivity index is 1.45. The summed E-state index contributed by atoms with van der Waals surface area (Å²) in [6.45, 7) is 8.52. The fourth-order valence-electron chi connectivity index (χ4n) is 7.58. The van der Waals surface area contributed by atoms with E-state index in [1.165, 1.54) is 12.1 Å². The molecule has 2 aliphatic carbocycles. The highest BCUT2D eigenvalue weighted by atomic mass is 32.2. The lowest BCUT2D eigenvalue weighted by atomic mass is 9.98. The van der Waals surface area contributed by atoms with Crippen LogP contribution in [0.1, 0.15) is 67.4 Å². The highest BCUT2D eigenvalue weighted by Gasteiger charge is 2.46. The average molecular weight is 619 g/mol. The third-order valence-electron chi connectivity index (χ3n) is 9.53. The van der Waals surface area contributed by atoms with E-state index in [1.807, 2.05) is 36.9 Å². The zero-order chi connectivity index (χ0) is 31.2. The van der Waals surface area contributed by atoms with Gasteiger partial charge >= 0.3 is 0 Å². The first kappa shape index (κ1) is 30.5. The van der Waals surface area contributed by atoms with Crippen LogP contribution in [-0.4, -0.2) is 61.1 Å². The number of hydrogen-bond donors (Lipinski definition) is 1. The van der Waals surface area contributed by atoms with Gasteiger partial charge in [-0.1, -0.05) is 38.1 Å². The van der Waals surface area contributed by atoms with Gasteiger partial charge in [0.2, 0.25) is 11.8 Å². The van der Waals surface area contributed by atoms with Gasteiger partial charge in [0.15, 0.2) is 0 Å². The summed E-state index contributed by atoms with van der Waals surface area (Å²) in [7, 11) is -2.33. The van der Waals surface area contributed by atoms with E-state index in [9.17, 15) is 13.2 Å². The van der Waals surface area contributed by atoms with Crippen LogP contribution in [0.25, 0.3) is 11.3 Å². The van der Waals surface area contributed by atoms with Crippen LogP contribution in [0, 0.1) is 31.6 Å². The van der Waals surface area contributed by atoms with Crippen LogP contribution < -0.4 is 9.46 Å². The van der Waals surface area contributed by atoms with Gasteiger partial charge < -0.3 is 14.4 Å². The molecule has 1 aliphatic heterocycles. The Kier molecular flexibility index (Phi) is 8.41. The van der Waals surface area contributed by atoms with Crippen molar-refractivity contribution in [2.45, 2.75) is 82.9 Å². The number of nitrogens with one attached hydrogen (secondary N) is 1. The standard InChI is InChI=1S/C34H42N4O5S/c1-20(2)12-27-19-43-31-18-30(32-21(3)8-6-9-22(32)4)35-34(36-31)37-44(40,41)29-11-7-10-23(17-29)33(39)38(27)26-13-24-15-28(42-5)16-25(24)14-26/h6-11,17-18,20,24-28H,12-16,19H2,1-5H3,(H,35,36,37)/t24-,25+,26?,27-,28+/m1/s1. The predicted molar refractivity (Wildman–Crippen MR) is 169 cm³/mol. The van der Waals surface area contributed by atoms with E-state index in [0.717, 1.165) is 48.8 Å². The first-order valence-corrected chi connectivity index (χ1v) is 17.1. The highest BCUT2D eigenvalue weighted by Crippen LogP contribution is 2.47. The van der Waals surface area contributed by atoms with Crippen LogP contribution in [-0.2, 0) is 14.8 Å². The molecule has 0 saturated heterocycles. The molecule has 1 unspecified atom stereocenters. The van der Waals surface area contributed by atoms with E-state index in [0.29, 0.717) is 29.0 Å². The molecular formula is C34H42N4O5S. The van der Waals surface area contributed by atoms with E-state index < -0.39 is 10.0 Å². The van der Waals surface area contributed by atoms with Gasteiger partial charge in [0.25, 0.3) is 15.9 Å². The normalized spacial score (nSPS) is 26.3. The number of carbonyl (C=O) groups excluding carboxylic acids is 1. The second-order valence-corrected chi connectivity index (χ2v) is 14.8. The van der Waals surface area contributed by atoms with Gasteiger partial charge in [-0.2, -0.15) is 4.98 Å². The smallest absolute Gasteiger partial charge is 0.264 e. The molecule has 1 N–H and O–H groups in total. The molecule has 3 aliphatic rings. The van der Waals surface area contributed by atoms with Crippen molar-refractivity contribution in [1.82, 2.24) is 14.9 Å². The number of sulfonamides is 1. The minimum absolute atomic E-state index is 0.0160. The molecule has 234 valence electrons. The first-order chi connectivity index (χ1) is 21.0. The van der Waals surface area contributed by atoms with Gasteiger partial charge in [0, 0.05) is 30.3 Å². The van der Waals surface area contributed by atoms with Crippen LogP contribution >= 0.6 is 0 Å². The van der Waals surface area contributed by atoms with Gasteiger partial charge in [0.05, 0.1) is 22.7 Å². The molecule has 1 amide bonds. The predicted octanol–water partition coefficient (Wildman–Crippen LogP) is 6.01. The number of ether oxygens (including phenoxy) is 2. The molecule has 3 aromatic rings. The zero-order valence-electron chi connectivity index (χ0n) is 26.1. The summed E-state index contributed by atoms with van der Waals surface area (Å²) in [5, 5.41) is 0. The summed E-state index contributed by atoms with van der Waals surface area (Å²) in [6, 6.07) is 13.8.